The number of aryl methyl sites for hydroxylation is 2. The highest BCUT2D eigenvalue weighted by molar-refractivity contribution is 5.93. The van der Waals surface area contributed by atoms with Crippen molar-refractivity contribution >= 4 is 11.6 Å². The smallest absolute Gasteiger partial charge is 0.238 e. The predicted octanol–water partition coefficient (Wildman–Crippen LogP) is 2.21. The Morgan fingerprint density at radius 3 is 2.33 bits per heavy atom. The molecule has 1 amide bonds. The number of rotatable bonds is 5. The van der Waals surface area contributed by atoms with E-state index < -0.39 is 0 Å². The molecule has 0 bridgehead atoms. The lowest BCUT2D eigenvalue weighted by atomic mass is 10.0. The van der Waals surface area contributed by atoms with Gasteiger partial charge in [0.15, 0.2) is 0 Å². The molecule has 4 heteroatoms. The molecule has 1 aromatic rings. The molecule has 0 atom stereocenters. The van der Waals surface area contributed by atoms with Crippen LogP contribution in [-0.4, -0.2) is 41.7 Å². The molecule has 4 nitrogen and oxygen atoms in total. The lowest BCUT2D eigenvalue weighted by molar-refractivity contribution is -0.117. The van der Waals surface area contributed by atoms with E-state index in [9.17, 15) is 9.90 Å². The van der Waals surface area contributed by atoms with Gasteiger partial charge in [0.1, 0.15) is 0 Å². The first kappa shape index (κ1) is 16.0. The van der Waals surface area contributed by atoms with E-state index in [1.165, 1.54) is 11.1 Å². The summed E-state index contributed by atoms with van der Waals surface area (Å²) in [6, 6.07) is 6.21. The molecule has 2 rings (SSSR count). The Morgan fingerprint density at radius 1 is 1.24 bits per heavy atom. The van der Waals surface area contributed by atoms with Gasteiger partial charge in [0, 0.05) is 18.8 Å². The summed E-state index contributed by atoms with van der Waals surface area (Å²) < 4.78 is 0. The number of piperidine rings is 1. The summed E-state index contributed by atoms with van der Waals surface area (Å²) in [7, 11) is 0. The molecular weight excluding hydrogens is 264 g/mol. The van der Waals surface area contributed by atoms with Crippen LogP contribution >= 0.6 is 0 Å². The summed E-state index contributed by atoms with van der Waals surface area (Å²) in [5, 5.41) is 12.6. The van der Waals surface area contributed by atoms with Crippen molar-refractivity contribution in [3.8, 4) is 0 Å². The van der Waals surface area contributed by atoms with E-state index in [0.29, 0.717) is 6.54 Å². The van der Waals surface area contributed by atoms with Crippen LogP contribution < -0.4 is 5.32 Å². The Balaban J connectivity index is 1.99. The minimum Gasteiger partial charge on any atom is -0.393 e. The third-order valence-electron chi connectivity index (χ3n) is 4.19. The molecule has 0 unspecified atom stereocenters. The zero-order valence-electron chi connectivity index (χ0n) is 13.1. The molecule has 0 radical (unpaired) electrons. The number of amides is 1. The van der Waals surface area contributed by atoms with Crippen molar-refractivity contribution in [1.82, 2.24) is 4.90 Å². The Bertz CT molecular complexity index is 457. The van der Waals surface area contributed by atoms with Crippen molar-refractivity contribution in [2.24, 2.45) is 0 Å². The average Bonchev–Trinajstić information content (AvgIpc) is 2.49. The first-order chi connectivity index (χ1) is 10.1. The maximum atomic E-state index is 12.3. The van der Waals surface area contributed by atoms with Gasteiger partial charge in [0.25, 0.3) is 0 Å². The van der Waals surface area contributed by atoms with Crippen molar-refractivity contribution in [3.05, 3.63) is 29.3 Å². The Kier molecular flexibility index (Phi) is 5.76. The second kappa shape index (κ2) is 7.57. The number of likely N-dealkylation sites (tertiary alicyclic amines) is 1. The van der Waals surface area contributed by atoms with Crippen molar-refractivity contribution in [1.29, 1.82) is 0 Å². The maximum absolute atomic E-state index is 12.3. The van der Waals surface area contributed by atoms with Crippen molar-refractivity contribution in [3.63, 3.8) is 0 Å². The summed E-state index contributed by atoms with van der Waals surface area (Å²) in [6.45, 7) is 6.22. The minimum atomic E-state index is -0.197. The molecule has 0 saturated carbocycles. The van der Waals surface area contributed by atoms with Crippen LogP contribution in [0.3, 0.4) is 0 Å². The number of aliphatic hydroxyl groups excluding tert-OH is 1. The van der Waals surface area contributed by atoms with Gasteiger partial charge in [-0.05, 0) is 36.8 Å². The number of carbonyl (C=O) groups is 1. The van der Waals surface area contributed by atoms with Crippen LogP contribution in [0.15, 0.2) is 18.2 Å². The SMILES string of the molecule is CCc1cccc(CC)c1NC(=O)CN1CCC(O)CC1. The van der Waals surface area contributed by atoms with Gasteiger partial charge >= 0.3 is 0 Å². The number of hydrogen-bond donors (Lipinski definition) is 2. The molecule has 1 aromatic carbocycles. The van der Waals surface area contributed by atoms with Gasteiger partial charge in [-0.15, -0.1) is 0 Å². The van der Waals surface area contributed by atoms with E-state index >= 15 is 0 Å². The average molecular weight is 290 g/mol. The molecule has 116 valence electrons. The van der Waals surface area contributed by atoms with E-state index in [1.54, 1.807) is 0 Å². The van der Waals surface area contributed by atoms with Crippen LogP contribution in [0.1, 0.15) is 37.8 Å². The van der Waals surface area contributed by atoms with Gasteiger partial charge in [-0.25, -0.2) is 0 Å². The quantitative estimate of drug-likeness (QED) is 0.874. The third-order valence-corrected chi connectivity index (χ3v) is 4.19. The number of benzene rings is 1. The van der Waals surface area contributed by atoms with E-state index in [1.807, 2.05) is 0 Å². The summed E-state index contributed by atoms with van der Waals surface area (Å²) in [5.74, 6) is 0.0435. The number of hydrogen-bond acceptors (Lipinski definition) is 3. The normalized spacial score (nSPS) is 16.9. The van der Waals surface area contributed by atoms with Gasteiger partial charge < -0.3 is 10.4 Å². The molecule has 1 saturated heterocycles. The van der Waals surface area contributed by atoms with Gasteiger partial charge in [-0.3, -0.25) is 9.69 Å². The number of nitrogens with one attached hydrogen (secondary N) is 1. The largest absolute Gasteiger partial charge is 0.393 e. The van der Waals surface area contributed by atoms with Gasteiger partial charge in [-0.1, -0.05) is 32.0 Å². The van der Waals surface area contributed by atoms with E-state index in [0.717, 1.165) is 44.5 Å². The van der Waals surface area contributed by atoms with Crippen LogP contribution in [0.2, 0.25) is 0 Å². The molecule has 0 aliphatic carbocycles. The Morgan fingerprint density at radius 2 is 1.81 bits per heavy atom. The molecule has 0 aromatic heterocycles. The lowest BCUT2D eigenvalue weighted by Gasteiger charge is -2.29. The van der Waals surface area contributed by atoms with Crippen LogP contribution in [0.25, 0.3) is 0 Å². The molecule has 1 aliphatic heterocycles. The number of anilines is 1. The Labute approximate surface area is 127 Å². The monoisotopic (exact) mass is 290 g/mol. The number of carbonyl (C=O) groups excluding carboxylic acids is 1. The molecular formula is C17H26N2O2. The van der Waals surface area contributed by atoms with Crippen molar-refractivity contribution < 1.29 is 9.90 Å². The second-order valence-electron chi connectivity index (χ2n) is 5.71. The molecule has 2 N–H and O–H groups in total. The summed E-state index contributed by atoms with van der Waals surface area (Å²) in [5.41, 5.74) is 3.37. The number of aliphatic hydroxyl groups is 1. The van der Waals surface area contributed by atoms with E-state index in [-0.39, 0.29) is 12.0 Å². The molecule has 21 heavy (non-hydrogen) atoms. The lowest BCUT2D eigenvalue weighted by Crippen LogP contribution is -2.40. The fraction of sp³-hybridized carbons (Fsp3) is 0.588. The zero-order valence-corrected chi connectivity index (χ0v) is 13.1. The van der Waals surface area contributed by atoms with Crippen molar-refractivity contribution in [2.45, 2.75) is 45.6 Å². The van der Waals surface area contributed by atoms with Gasteiger partial charge in [0.05, 0.1) is 12.6 Å². The highest BCUT2D eigenvalue weighted by atomic mass is 16.3. The first-order valence-electron chi connectivity index (χ1n) is 7.95. The maximum Gasteiger partial charge on any atom is 0.238 e. The second-order valence-corrected chi connectivity index (χ2v) is 5.71. The fourth-order valence-electron chi connectivity index (χ4n) is 2.86. The van der Waals surface area contributed by atoms with Crippen molar-refractivity contribution in [2.75, 3.05) is 25.0 Å². The minimum absolute atomic E-state index is 0.0435. The highest BCUT2D eigenvalue weighted by Gasteiger charge is 2.19. The number of para-hydroxylation sites is 1. The molecule has 1 heterocycles. The van der Waals surface area contributed by atoms with Crippen LogP contribution in [-0.2, 0) is 17.6 Å². The standard InChI is InChI=1S/C17H26N2O2/c1-3-13-6-5-7-14(4-2)17(13)18-16(21)12-19-10-8-15(20)9-11-19/h5-7,15,20H,3-4,8-12H2,1-2H3,(H,18,21). The number of nitrogens with zero attached hydrogens (tertiary/aromatic N) is 1. The molecule has 1 fully saturated rings. The topological polar surface area (TPSA) is 52.6 Å². The van der Waals surface area contributed by atoms with Crippen LogP contribution in [0, 0.1) is 0 Å². The van der Waals surface area contributed by atoms with E-state index in [2.05, 4.69) is 42.3 Å². The molecule has 0 spiro atoms. The fourth-order valence-corrected chi connectivity index (χ4v) is 2.86. The van der Waals surface area contributed by atoms with Crippen LogP contribution in [0.4, 0.5) is 5.69 Å². The predicted molar refractivity (Wildman–Crippen MR) is 85.5 cm³/mol. The Hall–Kier alpha value is -1.39. The third kappa shape index (κ3) is 4.29. The summed E-state index contributed by atoms with van der Waals surface area (Å²) in [6.07, 6.45) is 3.16. The summed E-state index contributed by atoms with van der Waals surface area (Å²) >= 11 is 0. The van der Waals surface area contributed by atoms with Gasteiger partial charge in [0.2, 0.25) is 5.91 Å². The van der Waals surface area contributed by atoms with E-state index in [4.69, 9.17) is 0 Å². The zero-order chi connectivity index (χ0) is 15.2. The van der Waals surface area contributed by atoms with Gasteiger partial charge in [-0.2, -0.15) is 0 Å². The van der Waals surface area contributed by atoms with Crippen LogP contribution in [0.5, 0.6) is 0 Å². The first-order valence-corrected chi connectivity index (χ1v) is 7.95. The highest BCUT2D eigenvalue weighted by Crippen LogP contribution is 2.22. The summed E-state index contributed by atoms with van der Waals surface area (Å²) in [4.78, 5) is 14.4. The molecule has 1 aliphatic rings.